The van der Waals surface area contributed by atoms with Gasteiger partial charge < -0.3 is 15.4 Å². The molecule has 0 fully saturated rings. The summed E-state index contributed by atoms with van der Waals surface area (Å²) < 4.78 is 5.64. The van der Waals surface area contributed by atoms with Crippen molar-refractivity contribution in [1.82, 2.24) is 20.3 Å². The highest BCUT2D eigenvalue weighted by atomic mass is 16.5. The fourth-order valence-corrected chi connectivity index (χ4v) is 2.71. The lowest BCUT2D eigenvalue weighted by Gasteiger charge is -2.19. The van der Waals surface area contributed by atoms with Crippen molar-refractivity contribution in [2.75, 3.05) is 11.9 Å². The number of hydrogen-bond acceptors (Lipinski definition) is 4. The average molecular weight is 379 g/mol. The molecular weight excluding hydrogens is 354 g/mol. The van der Waals surface area contributed by atoms with E-state index >= 15 is 0 Å². The van der Waals surface area contributed by atoms with Gasteiger partial charge in [0.2, 0.25) is 0 Å². The summed E-state index contributed by atoms with van der Waals surface area (Å²) in [7, 11) is 0. The Bertz CT molecular complexity index is 835. The third kappa shape index (κ3) is 5.84. The SMILES string of the molecule is CCCCOc1ccc(NC(=O)NC(Cn2nccn2)c2ccccc2)cc1. The van der Waals surface area contributed by atoms with E-state index in [2.05, 4.69) is 27.8 Å². The Hall–Kier alpha value is -3.35. The number of nitrogens with zero attached hydrogens (tertiary/aromatic N) is 3. The summed E-state index contributed by atoms with van der Waals surface area (Å²) >= 11 is 0. The molecule has 1 aromatic heterocycles. The predicted octanol–water partition coefficient (Wildman–Crippen LogP) is 4.02. The normalized spacial score (nSPS) is 11.6. The van der Waals surface area contributed by atoms with Gasteiger partial charge in [-0.2, -0.15) is 15.0 Å². The molecule has 146 valence electrons. The summed E-state index contributed by atoms with van der Waals surface area (Å²) in [5, 5.41) is 14.1. The van der Waals surface area contributed by atoms with E-state index in [-0.39, 0.29) is 12.1 Å². The molecule has 0 aliphatic rings. The number of hydrogen-bond donors (Lipinski definition) is 2. The van der Waals surface area contributed by atoms with Crippen molar-refractivity contribution in [3.05, 3.63) is 72.6 Å². The highest BCUT2D eigenvalue weighted by molar-refractivity contribution is 5.89. The molecular formula is C21H25N5O2. The van der Waals surface area contributed by atoms with E-state index in [0.29, 0.717) is 18.8 Å². The molecule has 2 amide bonds. The molecule has 0 aliphatic carbocycles. The van der Waals surface area contributed by atoms with E-state index in [9.17, 15) is 4.79 Å². The highest BCUT2D eigenvalue weighted by Gasteiger charge is 2.16. The summed E-state index contributed by atoms with van der Waals surface area (Å²) in [6.45, 7) is 3.26. The van der Waals surface area contributed by atoms with Crippen LogP contribution in [0.5, 0.6) is 5.75 Å². The van der Waals surface area contributed by atoms with Crippen LogP contribution in [-0.4, -0.2) is 27.6 Å². The number of unbranched alkanes of at least 4 members (excludes halogenated alkanes) is 1. The van der Waals surface area contributed by atoms with E-state index in [1.54, 1.807) is 17.2 Å². The van der Waals surface area contributed by atoms with Gasteiger partial charge in [0, 0.05) is 5.69 Å². The first kappa shape index (κ1) is 19.4. The van der Waals surface area contributed by atoms with Crippen LogP contribution in [0, 0.1) is 0 Å². The second kappa shape index (κ2) is 10.1. The molecule has 0 bridgehead atoms. The molecule has 3 aromatic rings. The van der Waals surface area contributed by atoms with Gasteiger partial charge in [0.1, 0.15) is 5.75 Å². The average Bonchev–Trinajstić information content (AvgIpc) is 3.23. The first-order valence-electron chi connectivity index (χ1n) is 9.44. The zero-order valence-corrected chi connectivity index (χ0v) is 15.9. The number of benzene rings is 2. The molecule has 0 radical (unpaired) electrons. The van der Waals surface area contributed by atoms with E-state index < -0.39 is 0 Å². The Balaban J connectivity index is 1.60. The molecule has 2 aromatic carbocycles. The summed E-state index contributed by atoms with van der Waals surface area (Å²) in [6, 6.07) is 16.6. The van der Waals surface area contributed by atoms with Crippen molar-refractivity contribution in [1.29, 1.82) is 0 Å². The number of carbonyl (C=O) groups is 1. The van der Waals surface area contributed by atoms with Gasteiger partial charge >= 0.3 is 6.03 Å². The van der Waals surface area contributed by atoms with Gasteiger partial charge in [-0.05, 0) is 36.2 Å². The molecule has 0 saturated heterocycles. The molecule has 7 heteroatoms. The molecule has 1 unspecified atom stereocenters. The Morgan fingerprint density at radius 2 is 1.79 bits per heavy atom. The van der Waals surface area contributed by atoms with E-state index in [1.165, 1.54) is 0 Å². The lowest BCUT2D eigenvalue weighted by atomic mass is 10.1. The molecule has 0 spiro atoms. The first-order chi connectivity index (χ1) is 13.7. The van der Waals surface area contributed by atoms with Crippen LogP contribution >= 0.6 is 0 Å². The first-order valence-corrected chi connectivity index (χ1v) is 9.44. The standard InChI is InChI=1S/C21H25N5O2/c1-2-3-15-28-19-11-9-18(10-12-19)24-21(27)25-20(16-26-22-13-14-23-26)17-7-5-4-6-8-17/h4-14,20H,2-3,15-16H2,1H3,(H2,24,25,27). The highest BCUT2D eigenvalue weighted by Crippen LogP contribution is 2.17. The maximum atomic E-state index is 12.5. The zero-order chi connectivity index (χ0) is 19.6. The van der Waals surface area contributed by atoms with Crippen molar-refractivity contribution in [3.63, 3.8) is 0 Å². The second-order valence-corrected chi connectivity index (χ2v) is 6.37. The van der Waals surface area contributed by atoms with Crippen LogP contribution in [0.1, 0.15) is 31.4 Å². The van der Waals surface area contributed by atoms with E-state index in [1.807, 2.05) is 54.6 Å². The summed E-state index contributed by atoms with van der Waals surface area (Å²) in [5.41, 5.74) is 1.68. The second-order valence-electron chi connectivity index (χ2n) is 6.37. The van der Waals surface area contributed by atoms with Gasteiger partial charge in [0.05, 0.1) is 31.6 Å². The summed E-state index contributed by atoms with van der Waals surface area (Å²) in [5.74, 6) is 0.798. The van der Waals surface area contributed by atoms with Crippen molar-refractivity contribution >= 4 is 11.7 Å². The number of ether oxygens (including phenoxy) is 1. The number of anilines is 1. The van der Waals surface area contributed by atoms with Gasteiger partial charge in [0.25, 0.3) is 0 Å². The smallest absolute Gasteiger partial charge is 0.319 e. The van der Waals surface area contributed by atoms with Crippen LogP contribution in [-0.2, 0) is 6.54 Å². The van der Waals surface area contributed by atoms with Crippen LogP contribution in [0.3, 0.4) is 0 Å². The Kier molecular flexibility index (Phi) is 7.01. The van der Waals surface area contributed by atoms with Crippen molar-refractivity contribution in [3.8, 4) is 5.75 Å². The maximum Gasteiger partial charge on any atom is 0.319 e. The maximum absolute atomic E-state index is 12.5. The summed E-state index contributed by atoms with van der Waals surface area (Å²) in [4.78, 5) is 14.1. The van der Waals surface area contributed by atoms with Crippen LogP contribution < -0.4 is 15.4 Å². The minimum absolute atomic E-state index is 0.259. The topological polar surface area (TPSA) is 81.1 Å². The lowest BCUT2D eigenvalue weighted by Crippen LogP contribution is -2.35. The minimum Gasteiger partial charge on any atom is -0.494 e. The molecule has 7 nitrogen and oxygen atoms in total. The number of rotatable bonds is 9. The van der Waals surface area contributed by atoms with Crippen LogP contribution in [0.15, 0.2) is 67.0 Å². The number of urea groups is 1. The number of aromatic nitrogens is 3. The van der Waals surface area contributed by atoms with Crippen molar-refractivity contribution < 1.29 is 9.53 Å². The van der Waals surface area contributed by atoms with Gasteiger partial charge in [-0.15, -0.1) is 0 Å². The molecule has 0 aliphatic heterocycles. The predicted molar refractivity (Wildman–Crippen MR) is 108 cm³/mol. The Labute approximate surface area is 164 Å². The quantitative estimate of drug-likeness (QED) is 0.550. The molecule has 28 heavy (non-hydrogen) atoms. The number of nitrogens with one attached hydrogen (secondary N) is 2. The third-order valence-electron chi connectivity index (χ3n) is 4.20. The van der Waals surface area contributed by atoms with Crippen LogP contribution in [0.2, 0.25) is 0 Å². The summed E-state index contributed by atoms with van der Waals surface area (Å²) in [6.07, 6.45) is 5.35. The molecule has 2 N–H and O–H groups in total. The molecule has 3 rings (SSSR count). The number of carbonyl (C=O) groups excluding carboxylic acids is 1. The zero-order valence-electron chi connectivity index (χ0n) is 15.9. The monoisotopic (exact) mass is 379 g/mol. The molecule has 1 atom stereocenters. The van der Waals surface area contributed by atoms with Crippen LogP contribution in [0.4, 0.5) is 10.5 Å². The Morgan fingerprint density at radius 1 is 1.07 bits per heavy atom. The third-order valence-corrected chi connectivity index (χ3v) is 4.20. The Morgan fingerprint density at radius 3 is 2.46 bits per heavy atom. The minimum atomic E-state index is -0.291. The van der Waals surface area contributed by atoms with Crippen LogP contribution in [0.25, 0.3) is 0 Å². The fraction of sp³-hybridized carbons (Fsp3) is 0.286. The van der Waals surface area contributed by atoms with E-state index in [0.717, 1.165) is 24.2 Å². The fourth-order valence-electron chi connectivity index (χ4n) is 2.71. The van der Waals surface area contributed by atoms with Gasteiger partial charge in [-0.1, -0.05) is 43.7 Å². The van der Waals surface area contributed by atoms with Gasteiger partial charge in [-0.3, -0.25) is 0 Å². The van der Waals surface area contributed by atoms with Gasteiger partial charge in [-0.25, -0.2) is 4.79 Å². The largest absolute Gasteiger partial charge is 0.494 e. The molecule has 0 saturated carbocycles. The van der Waals surface area contributed by atoms with E-state index in [4.69, 9.17) is 4.74 Å². The van der Waals surface area contributed by atoms with Gasteiger partial charge in [0.15, 0.2) is 0 Å². The van der Waals surface area contributed by atoms with Crippen molar-refractivity contribution in [2.45, 2.75) is 32.4 Å². The number of amides is 2. The molecule has 1 heterocycles. The van der Waals surface area contributed by atoms with Crippen molar-refractivity contribution in [2.24, 2.45) is 0 Å². The lowest BCUT2D eigenvalue weighted by molar-refractivity contribution is 0.246.